The number of hydrogen-bond donors (Lipinski definition) is 1. The van der Waals surface area contributed by atoms with Crippen molar-refractivity contribution in [2.45, 2.75) is 6.04 Å². The molecule has 1 aromatic heterocycles. The van der Waals surface area contributed by atoms with Crippen LogP contribution in [0.15, 0.2) is 16.5 Å². The highest BCUT2D eigenvalue weighted by atomic mass is 35.5. The zero-order chi connectivity index (χ0) is 11.5. The SMILES string of the molecule is N#CC1CNCCN1C(=O)c1ccc(Cl)o1. The van der Waals surface area contributed by atoms with E-state index in [1.807, 2.05) is 0 Å². The zero-order valence-corrected chi connectivity index (χ0v) is 9.20. The number of nitrogens with one attached hydrogen (secondary N) is 1. The van der Waals surface area contributed by atoms with E-state index in [0.29, 0.717) is 19.6 Å². The first-order valence-corrected chi connectivity index (χ1v) is 5.27. The molecule has 2 rings (SSSR count). The Balaban J connectivity index is 2.17. The predicted molar refractivity (Wildman–Crippen MR) is 57.0 cm³/mol. The molecule has 1 aromatic rings. The van der Waals surface area contributed by atoms with Crippen LogP contribution in [0.5, 0.6) is 0 Å². The van der Waals surface area contributed by atoms with Crippen LogP contribution < -0.4 is 5.32 Å². The lowest BCUT2D eigenvalue weighted by Crippen LogP contribution is -2.52. The van der Waals surface area contributed by atoms with Crippen molar-refractivity contribution in [1.82, 2.24) is 10.2 Å². The molecular weight excluding hydrogens is 230 g/mol. The van der Waals surface area contributed by atoms with E-state index in [1.165, 1.54) is 17.0 Å². The van der Waals surface area contributed by atoms with Crippen molar-refractivity contribution >= 4 is 17.5 Å². The van der Waals surface area contributed by atoms with Crippen molar-refractivity contribution in [3.63, 3.8) is 0 Å². The van der Waals surface area contributed by atoms with Crippen molar-refractivity contribution in [3.05, 3.63) is 23.1 Å². The van der Waals surface area contributed by atoms with Crippen molar-refractivity contribution in [1.29, 1.82) is 5.26 Å². The Morgan fingerprint density at radius 2 is 2.50 bits per heavy atom. The fourth-order valence-electron chi connectivity index (χ4n) is 1.63. The first-order chi connectivity index (χ1) is 7.72. The minimum atomic E-state index is -0.454. The highest BCUT2D eigenvalue weighted by Crippen LogP contribution is 2.16. The van der Waals surface area contributed by atoms with Gasteiger partial charge in [-0.3, -0.25) is 4.79 Å². The summed E-state index contributed by atoms with van der Waals surface area (Å²) < 4.78 is 5.04. The van der Waals surface area contributed by atoms with Gasteiger partial charge in [0.2, 0.25) is 0 Å². The van der Waals surface area contributed by atoms with Crippen LogP contribution >= 0.6 is 11.6 Å². The maximum atomic E-state index is 12.0. The number of amides is 1. The van der Waals surface area contributed by atoms with Crippen LogP contribution in [-0.4, -0.2) is 36.5 Å². The number of halogens is 1. The summed E-state index contributed by atoms with van der Waals surface area (Å²) in [6, 6.07) is 4.65. The molecule has 1 aliphatic rings. The molecule has 1 amide bonds. The molecule has 0 aromatic carbocycles. The highest BCUT2D eigenvalue weighted by molar-refractivity contribution is 6.29. The monoisotopic (exact) mass is 239 g/mol. The van der Waals surface area contributed by atoms with Crippen LogP contribution in [-0.2, 0) is 0 Å². The maximum Gasteiger partial charge on any atom is 0.290 e. The van der Waals surface area contributed by atoms with Gasteiger partial charge < -0.3 is 14.6 Å². The van der Waals surface area contributed by atoms with Gasteiger partial charge in [0.15, 0.2) is 11.0 Å². The zero-order valence-electron chi connectivity index (χ0n) is 8.44. The standard InChI is InChI=1S/C10H10ClN3O2/c11-9-2-1-8(16-9)10(15)14-4-3-13-6-7(14)5-12/h1-2,7,13H,3-4,6H2. The molecule has 0 aliphatic carbocycles. The second kappa shape index (κ2) is 4.56. The van der Waals surface area contributed by atoms with E-state index >= 15 is 0 Å². The molecule has 5 nitrogen and oxygen atoms in total. The Morgan fingerprint density at radius 3 is 3.12 bits per heavy atom. The van der Waals surface area contributed by atoms with Gasteiger partial charge >= 0.3 is 0 Å². The van der Waals surface area contributed by atoms with Gasteiger partial charge in [-0.1, -0.05) is 0 Å². The van der Waals surface area contributed by atoms with Crippen molar-refractivity contribution in [3.8, 4) is 6.07 Å². The molecule has 1 saturated heterocycles. The average Bonchev–Trinajstić information content (AvgIpc) is 2.75. The minimum Gasteiger partial charge on any atom is -0.440 e. The molecule has 0 spiro atoms. The van der Waals surface area contributed by atoms with Crippen LogP contribution in [0.2, 0.25) is 5.22 Å². The van der Waals surface area contributed by atoms with E-state index in [2.05, 4.69) is 11.4 Å². The second-order valence-corrected chi connectivity index (χ2v) is 3.82. The molecule has 16 heavy (non-hydrogen) atoms. The normalized spacial score (nSPS) is 20.5. The van der Waals surface area contributed by atoms with E-state index in [1.54, 1.807) is 0 Å². The fourth-order valence-corrected chi connectivity index (χ4v) is 1.78. The van der Waals surface area contributed by atoms with Gasteiger partial charge in [-0.25, -0.2) is 0 Å². The summed E-state index contributed by atoms with van der Waals surface area (Å²) in [6.07, 6.45) is 0. The number of nitriles is 1. The van der Waals surface area contributed by atoms with Gasteiger partial charge in [0, 0.05) is 19.6 Å². The number of carbonyl (C=O) groups is 1. The Bertz CT molecular complexity index is 438. The first-order valence-electron chi connectivity index (χ1n) is 4.89. The largest absolute Gasteiger partial charge is 0.440 e. The molecule has 1 unspecified atom stereocenters. The fraction of sp³-hybridized carbons (Fsp3) is 0.400. The number of hydrogen-bond acceptors (Lipinski definition) is 4. The van der Waals surface area contributed by atoms with Crippen molar-refractivity contribution in [2.24, 2.45) is 0 Å². The molecule has 6 heteroatoms. The van der Waals surface area contributed by atoms with Gasteiger partial charge in [-0.2, -0.15) is 5.26 Å². The average molecular weight is 240 g/mol. The highest BCUT2D eigenvalue weighted by Gasteiger charge is 2.28. The van der Waals surface area contributed by atoms with Crippen LogP contribution in [0.3, 0.4) is 0 Å². The molecule has 1 aliphatic heterocycles. The number of carbonyl (C=O) groups excluding carboxylic acids is 1. The molecule has 1 fully saturated rings. The summed E-state index contributed by atoms with van der Waals surface area (Å²) in [6.45, 7) is 1.66. The summed E-state index contributed by atoms with van der Waals surface area (Å²) in [7, 11) is 0. The Morgan fingerprint density at radius 1 is 1.69 bits per heavy atom. The first kappa shape index (κ1) is 11.0. The quantitative estimate of drug-likeness (QED) is 0.790. The molecule has 0 radical (unpaired) electrons. The Kier molecular flexibility index (Phi) is 3.13. The number of piperazine rings is 1. The lowest BCUT2D eigenvalue weighted by molar-refractivity contribution is 0.0655. The lowest BCUT2D eigenvalue weighted by Gasteiger charge is -2.31. The van der Waals surface area contributed by atoms with E-state index in [9.17, 15) is 4.79 Å². The third-order valence-electron chi connectivity index (χ3n) is 2.44. The van der Waals surface area contributed by atoms with E-state index in [4.69, 9.17) is 21.3 Å². The third-order valence-corrected chi connectivity index (χ3v) is 2.64. The number of nitrogens with zero attached hydrogens (tertiary/aromatic N) is 2. The summed E-state index contributed by atoms with van der Waals surface area (Å²) >= 11 is 5.60. The summed E-state index contributed by atoms with van der Waals surface area (Å²) in [4.78, 5) is 13.5. The minimum absolute atomic E-state index is 0.173. The van der Waals surface area contributed by atoms with Crippen LogP contribution in [0.25, 0.3) is 0 Å². The molecule has 2 heterocycles. The smallest absolute Gasteiger partial charge is 0.290 e. The van der Waals surface area contributed by atoms with Crippen LogP contribution in [0.4, 0.5) is 0 Å². The molecular formula is C10H10ClN3O2. The molecule has 1 N–H and O–H groups in total. The van der Waals surface area contributed by atoms with Crippen LogP contribution in [0.1, 0.15) is 10.6 Å². The molecule has 84 valence electrons. The maximum absolute atomic E-state index is 12.0. The van der Waals surface area contributed by atoms with E-state index in [0.717, 1.165) is 0 Å². The van der Waals surface area contributed by atoms with Gasteiger partial charge in [0.1, 0.15) is 6.04 Å². The Labute approximate surface area is 97.6 Å². The molecule has 0 bridgehead atoms. The van der Waals surface area contributed by atoms with Gasteiger partial charge in [0.05, 0.1) is 6.07 Å². The van der Waals surface area contributed by atoms with E-state index in [-0.39, 0.29) is 16.9 Å². The van der Waals surface area contributed by atoms with Gasteiger partial charge in [0.25, 0.3) is 5.91 Å². The second-order valence-electron chi connectivity index (χ2n) is 3.45. The van der Waals surface area contributed by atoms with Crippen molar-refractivity contribution in [2.75, 3.05) is 19.6 Å². The summed E-state index contributed by atoms with van der Waals surface area (Å²) in [5.41, 5.74) is 0. The molecule has 1 atom stereocenters. The predicted octanol–water partition coefficient (Wildman–Crippen LogP) is 0.871. The number of furan rings is 1. The van der Waals surface area contributed by atoms with E-state index < -0.39 is 6.04 Å². The topological polar surface area (TPSA) is 69.3 Å². The lowest BCUT2D eigenvalue weighted by atomic mass is 10.2. The third kappa shape index (κ3) is 2.03. The summed E-state index contributed by atoms with van der Waals surface area (Å²) in [5.74, 6) is -0.118. The van der Waals surface area contributed by atoms with Gasteiger partial charge in [-0.15, -0.1) is 0 Å². The number of rotatable bonds is 1. The van der Waals surface area contributed by atoms with Crippen LogP contribution in [0, 0.1) is 11.3 Å². The Hall–Kier alpha value is -1.51. The summed E-state index contributed by atoms with van der Waals surface area (Å²) in [5, 5.41) is 12.1. The molecule has 0 saturated carbocycles. The van der Waals surface area contributed by atoms with Crippen molar-refractivity contribution < 1.29 is 9.21 Å². The van der Waals surface area contributed by atoms with Gasteiger partial charge in [-0.05, 0) is 23.7 Å².